The zero-order chi connectivity index (χ0) is 16.1. The Morgan fingerprint density at radius 1 is 1.18 bits per heavy atom. The molecule has 0 bridgehead atoms. The molecule has 2 rings (SSSR count). The first-order valence-electron chi connectivity index (χ1n) is 6.62. The SMILES string of the molecule is CC(c1cccc(C#Cc2ccc(Cl)cc2)c1)N(O)C(N)=O. The summed E-state index contributed by atoms with van der Waals surface area (Å²) in [5, 5.41) is 10.7. The number of hydroxylamine groups is 2. The molecular formula is C17H15ClN2O2. The van der Waals surface area contributed by atoms with E-state index in [1.54, 1.807) is 31.2 Å². The molecular weight excluding hydrogens is 300 g/mol. The third kappa shape index (κ3) is 4.01. The molecule has 112 valence electrons. The van der Waals surface area contributed by atoms with Crippen LogP contribution in [0.3, 0.4) is 0 Å². The van der Waals surface area contributed by atoms with E-state index < -0.39 is 12.1 Å². The second-order valence-corrected chi connectivity index (χ2v) is 5.18. The van der Waals surface area contributed by atoms with E-state index in [-0.39, 0.29) is 0 Å². The van der Waals surface area contributed by atoms with Gasteiger partial charge in [0.25, 0.3) is 0 Å². The van der Waals surface area contributed by atoms with E-state index in [4.69, 9.17) is 17.3 Å². The molecule has 1 atom stereocenters. The Labute approximate surface area is 134 Å². The van der Waals surface area contributed by atoms with Crippen molar-refractivity contribution in [3.8, 4) is 11.8 Å². The van der Waals surface area contributed by atoms with Gasteiger partial charge in [-0.05, 0) is 48.9 Å². The average molecular weight is 315 g/mol. The van der Waals surface area contributed by atoms with Gasteiger partial charge in [-0.25, -0.2) is 4.79 Å². The van der Waals surface area contributed by atoms with Gasteiger partial charge in [-0.1, -0.05) is 35.6 Å². The summed E-state index contributed by atoms with van der Waals surface area (Å²) in [6.45, 7) is 1.68. The van der Waals surface area contributed by atoms with Crippen LogP contribution in [-0.4, -0.2) is 16.3 Å². The maximum Gasteiger partial charge on any atom is 0.339 e. The van der Waals surface area contributed by atoms with Gasteiger partial charge >= 0.3 is 6.03 Å². The molecule has 0 aromatic heterocycles. The molecule has 0 spiro atoms. The molecule has 2 aromatic carbocycles. The summed E-state index contributed by atoms with van der Waals surface area (Å²) in [4.78, 5) is 11.0. The summed E-state index contributed by atoms with van der Waals surface area (Å²) in [5.74, 6) is 6.06. The molecule has 3 N–H and O–H groups in total. The van der Waals surface area contributed by atoms with Crippen molar-refractivity contribution < 1.29 is 10.0 Å². The second kappa shape index (κ2) is 6.99. The summed E-state index contributed by atoms with van der Waals surface area (Å²) < 4.78 is 0. The average Bonchev–Trinajstić information content (AvgIpc) is 2.53. The predicted molar refractivity (Wildman–Crippen MR) is 85.5 cm³/mol. The third-order valence-electron chi connectivity index (χ3n) is 3.16. The van der Waals surface area contributed by atoms with Crippen molar-refractivity contribution >= 4 is 17.6 Å². The number of benzene rings is 2. The van der Waals surface area contributed by atoms with Crippen LogP contribution in [0.15, 0.2) is 48.5 Å². The van der Waals surface area contributed by atoms with Crippen LogP contribution in [0.5, 0.6) is 0 Å². The third-order valence-corrected chi connectivity index (χ3v) is 3.41. The number of urea groups is 1. The Morgan fingerprint density at radius 2 is 1.82 bits per heavy atom. The van der Waals surface area contributed by atoms with E-state index >= 15 is 0 Å². The quantitative estimate of drug-likeness (QED) is 0.505. The number of amides is 2. The van der Waals surface area contributed by atoms with Gasteiger partial charge in [0, 0.05) is 16.1 Å². The topological polar surface area (TPSA) is 66.6 Å². The number of carbonyl (C=O) groups is 1. The molecule has 1 unspecified atom stereocenters. The summed E-state index contributed by atoms with van der Waals surface area (Å²) in [6, 6.07) is 13.1. The molecule has 2 amide bonds. The number of nitrogens with zero attached hydrogens (tertiary/aromatic N) is 1. The summed E-state index contributed by atoms with van der Waals surface area (Å²) in [7, 11) is 0. The van der Waals surface area contributed by atoms with Crippen molar-refractivity contribution in [3.63, 3.8) is 0 Å². The van der Waals surface area contributed by atoms with E-state index in [1.165, 1.54) is 0 Å². The highest BCUT2D eigenvalue weighted by molar-refractivity contribution is 6.30. The fourth-order valence-electron chi connectivity index (χ4n) is 1.89. The van der Waals surface area contributed by atoms with Gasteiger partial charge in [0.2, 0.25) is 0 Å². The van der Waals surface area contributed by atoms with Crippen LogP contribution < -0.4 is 5.73 Å². The minimum Gasteiger partial charge on any atom is -0.350 e. The molecule has 5 heteroatoms. The smallest absolute Gasteiger partial charge is 0.339 e. The van der Waals surface area contributed by atoms with Crippen molar-refractivity contribution in [2.75, 3.05) is 0 Å². The maximum atomic E-state index is 11.0. The summed E-state index contributed by atoms with van der Waals surface area (Å²) >= 11 is 5.83. The predicted octanol–water partition coefficient (Wildman–Crippen LogP) is 3.57. The minimum absolute atomic E-state index is 0.492. The number of carbonyl (C=O) groups excluding carboxylic acids is 1. The molecule has 2 aromatic rings. The largest absolute Gasteiger partial charge is 0.350 e. The van der Waals surface area contributed by atoms with Crippen molar-refractivity contribution in [2.24, 2.45) is 5.73 Å². The lowest BCUT2D eigenvalue weighted by atomic mass is 10.0. The van der Waals surface area contributed by atoms with Crippen LogP contribution >= 0.6 is 11.6 Å². The zero-order valence-corrected chi connectivity index (χ0v) is 12.7. The van der Waals surface area contributed by atoms with E-state index in [0.29, 0.717) is 10.1 Å². The van der Waals surface area contributed by atoms with Gasteiger partial charge in [0.05, 0.1) is 6.04 Å². The highest BCUT2D eigenvalue weighted by Gasteiger charge is 2.16. The van der Waals surface area contributed by atoms with Crippen molar-refractivity contribution in [1.82, 2.24) is 5.06 Å². The molecule has 0 saturated heterocycles. The van der Waals surface area contributed by atoms with Gasteiger partial charge in [0.15, 0.2) is 0 Å². The van der Waals surface area contributed by atoms with E-state index in [0.717, 1.165) is 16.7 Å². The van der Waals surface area contributed by atoms with Gasteiger partial charge in [0.1, 0.15) is 0 Å². The minimum atomic E-state index is -0.898. The number of hydrogen-bond donors (Lipinski definition) is 2. The Balaban J connectivity index is 2.22. The van der Waals surface area contributed by atoms with E-state index in [9.17, 15) is 10.0 Å². The number of hydrogen-bond acceptors (Lipinski definition) is 2. The first-order valence-corrected chi connectivity index (χ1v) is 7.00. The molecule has 0 saturated carbocycles. The highest BCUT2D eigenvalue weighted by atomic mass is 35.5. The first kappa shape index (κ1) is 15.9. The van der Waals surface area contributed by atoms with Crippen LogP contribution in [0, 0.1) is 11.8 Å². The van der Waals surface area contributed by atoms with Crippen LogP contribution in [0.4, 0.5) is 4.79 Å². The van der Waals surface area contributed by atoms with Crippen molar-refractivity contribution in [2.45, 2.75) is 13.0 Å². The van der Waals surface area contributed by atoms with Gasteiger partial charge in [-0.15, -0.1) is 0 Å². The van der Waals surface area contributed by atoms with Crippen molar-refractivity contribution in [3.05, 3.63) is 70.2 Å². The highest BCUT2D eigenvalue weighted by Crippen LogP contribution is 2.19. The monoisotopic (exact) mass is 314 g/mol. The van der Waals surface area contributed by atoms with Crippen LogP contribution in [0.1, 0.15) is 29.7 Å². The van der Waals surface area contributed by atoms with Crippen LogP contribution in [0.2, 0.25) is 5.02 Å². The Hall–Kier alpha value is -2.48. The Morgan fingerprint density at radius 3 is 2.45 bits per heavy atom. The number of primary amides is 1. The lowest BCUT2D eigenvalue weighted by Gasteiger charge is -2.20. The lowest BCUT2D eigenvalue weighted by Crippen LogP contribution is -2.34. The van der Waals surface area contributed by atoms with Crippen LogP contribution in [0.25, 0.3) is 0 Å². The van der Waals surface area contributed by atoms with Crippen LogP contribution in [-0.2, 0) is 0 Å². The van der Waals surface area contributed by atoms with Gasteiger partial charge < -0.3 is 5.73 Å². The fourth-order valence-corrected chi connectivity index (χ4v) is 2.01. The first-order chi connectivity index (χ1) is 10.5. The molecule has 4 nitrogen and oxygen atoms in total. The molecule has 0 aliphatic carbocycles. The van der Waals surface area contributed by atoms with Gasteiger partial charge in [-0.2, -0.15) is 5.06 Å². The fraction of sp³-hybridized carbons (Fsp3) is 0.118. The molecule has 0 aliphatic rings. The summed E-state index contributed by atoms with van der Waals surface area (Å²) in [5.41, 5.74) is 7.42. The lowest BCUT2D eigenvalue weighted by molar-refractivity contribution is -0.0710. The van der Waals surface area contributed by atoms with Crippen molar-refractivity contribution in [1.29, 1.82) is 0 Å². The molecule has 0 aliphatic heterocycles. The Bertz CT molecular complexity index is 732. The molecule has 22 heavy (non-hydrogen) atoms. The standard InChI is InChI=1S/C17H15ClN2O2/c1-12(20(22)17(19)21)15-4-2-3-14(11-15)6-5-13-7-9-16(18)10-8-13/h2-4,7-12,22H,1H3,(H2,19,21). The normalized spacial score (nSPS) is 11.2. The molecule has 0 fully saturated rings. The number of rotatable bonds is 2. The number of nitrogens with two attached hydrogens (primary N) is 1. The van der Waals surface area contributed by atoms with E-state index in [2.05, 4.69) is 11.8 Å². The molecule has 0 heterocycles. The Kier molecular flexibility index (Phi) is 5.05. The zero-order valence-electron chi connectivity index (χ0n) is 12.0. The number of halogens is 1. The maximum absolute atomic E-state index is 11.0. The second-order valence-electron chi connectivity index (χ2n) is 4.74. The van der Waals surface area contributed by atoms with E-state index in [1.807, 2.05) is 24.3 Å². The van der Waals surface area contributed by atoms with Gasteiger partial charge in [-0.3, -0.25) is 5.21 Å². The summed E-state index contributed by atoms with van der Waals surface area (Å²) in [6.07, 6.45) is 0. The molecule has 0 radical (unpaired) electrons.